The summed E-state index contributed by atoms with van der Waals surface area (Å²) in [5.41, 5.74) is 2.42. The summed E-state index contributed by atoms with van der Waals surface area (Å²) in [6.45, 7) is 13.1. The molecule has 1 aromatic carbocycles. The number of ether oxygens (including phenoxy) is 1. The highest BCUT2D eigenvalue weighted by Crippen LogP contribution is 2.33. The molecule has 1 amide bonds. The summed E-state index contributed by atoms with van der Waals surface area (Å²) in [4.78, 5) is 31.6. The minimum atomic E-state index is -4.45. The summed E-state index contributed by atoms with van der Waals surface area (Å²) in [6.07, 6.45) is 1.34. The molecule has 0 atom stereocenters. The van der Waals surface area contributed by atoms with Crippen molar-refractivity contribution in [2.75, 3.05) is 0 Å². The van der Waals surface area contributed by atoms with Gasteiger partial charge in [0, 0.05) is 17.3 Å². The minimum Gasteiger partial charge on any atom is -0.438 e. The van der Waals surface area contributed by atoms with Crippen LogP contribution in [0.15, 0.2) is 46.2 Å². The molecule has 3 aromatic rings. The molecule has 180 valence electrons. The molecule has 34 heavy (non-hydrogen) atoms. The van der Waals surface area contributed by atoms with Gasteiger partial charge in [-0.05, 0) is 62.6 Å². The first-order chi connectivity index (χ1) is 15.7. The molecule has 0 radical (unpaired) electrons. The minimum absolute atomic E-state index is 0.0196. The van der Waals surface area contributed by atoms with E-state index in [1.54, 1.807) is 6.07 Å². The van der Waals surface area contributed by atoms with Gasteiger partial charge < -0.3 is 9.72 Å². The van der Waals surface area contributed by atoms with Crippen molar-refractivity contribution in [2.45, 2.75) is 58.8 Å². The number of nitrogens with one attached hydrogen (secondary N) is 2. The number of aromatic nitrogens is 2. The van der Waals surface area contributed by atoms with E-state index >= 15 is 0 Å². The van der Waals surface area contributed by atoms with Crippen molar-refractivity contribution >= 4 is 15.9 Å². The van der Waals surface area contributed by atoms with E-state index in [2.05, 4.69) is 9.97 Å². The van der Waals surface area contributed by atoms with Crippen LogP contribution < -0.4 is 15.0 Å². The van der Waals surface area contributed by atoms with E-state index in [9.17, 15) is 18.0 Å². The molecular formula is C25H29N3O5S. The third kappa shape index (κ3) is 5.20. The van der Waals surface area contributed by atoms with E-state index in [1.807, 2.05) is 58.4 Å². The smallest absolute Gasteiger partial charge is 0.270 e. The number of carbonyl (C=O) groups excluding carboxylic acids is 1. The largest absolute Gasteiger partial charge is 0.438 e. The average molecular weight is 484 g/mol. The van der Waals surface area contributed by atoms with Crippen LogP contribution in [0.5, 0.6) is 11.6 Å². The summed E-state index contributed by atoms with van der Waals surface area (Å²) >= 11 is 0. The Bertz CT molecular complexity index is 1410. The standard InChI is InChI=1S/C25H29N3O5S/c1-14-12-16(3)20(17(4)13-14)33-24-18(8-9-19(27-24)25(5,6)7)22(29)28-34(31,32)21-15(2)10-11-26-23(21)30/h8-13H,1-7H3,(H,26,30)(H,28,29). The number of carbonyl (C=O) groups is 1. The van der Waals surface area contributed by atoms with Crippen LogP contribution in [-0.4, -0.2) is 24.3 Å². The molecule has 0 saturated heterocycles. The molecule has 2 heterocycles. The zero-order chi connectivity index (χ0) is 25.4. The normalized spacial score (nSPS) is 11.9. The molecule has 0 bridgehead atoms. The van der Waals surface area contributed by atoms with Gasteiger partial charge in [-0.25, -0.2) is 18.1 Å². The second kappa shape index (κ2) is 9.06. The summed E-state index contributed by atoms with van der Waals surface area (Å²) in [5, 5.41) is 0. The highest BCUT2D eigenvalue weighted by Gasteiger charge is 2.28. The molecule has 8 nitrogen and oxygen atoms in total. The fraction of sp³-hybridized carbons (Fsp3) is 0.320. The number of hydrogen-bond acceptors (Lipinski definition) is 6. The van der Waals surface area contributed by atoms with Crippen molar-refractivity contribution in [3.8, 4) is 11.6 Å². The summed E-state index contributed by atoms with van der Waals surface area (Å²) < 4.78 is 33.9. The Morgan fingerprint density at radius 2 is 1.62 bits per heavy atom. The molecule has 0 unspecified atom stereocenters. The molecule has 0 aliphatic carbocycles. The highest BCUT2D eigenvalue weighted by atomic mass is 32.2. The predicted octanol–water partition coefficient (Wildman–Crippen LogP) is 4.21. The zero-order valence-electron chi connectivity index (χ0n) is 20.4. The molecule has 2 aromatic heterocycles. The first-order valence-corrected chi connectivity index (χ1v) is 12.2. The highest BCUT2D eigenvalue weighted by molar-refractivity contribution is 7.90. The maximum absolute atomic E-state index is 13.1. The first-order valence-electron chi connectivity index (χ1n) is 10.7. The zero-order valence-corrected chi connectivity index (χ0v) is 21.2. The van der Waals surface area contributed by atoms with Crippen LogP contribution in [0.2, 0.25) is 0 Å². The lowest BCUT2D eigenvalue weighted by atomic mass is 9.91. The van der Waals surface area contributed by atoms with Gasteiger partial charge >= 0.3 is 0 Å². The van der Waals surface area contributed by atoms with E-state index in [1.165, 1.54) is 25.3 Å². The van der Waals surface area contributed by atoms with Crippen molar-refractivity contribution in [2.24, 2.45) is 0 Å². The SMILES string of the molecule is Cc1cc(C)c(Oc2nc(C(C)(C)C)ccc2C(=O)NS(=O)(=O)c2c(C)cc[nH]c2=O)c(C)c1. The molecule has 9 heteroatoms. The van der Waals surface area contributed by atoms with Crippen molar-refractivity contribution < 1.29 is 17.9 Å². The Balaban J connectivity index is 2.09. The maximum atomic E-state index is 13.1. The number of aryl methyl sites for hydroxylation is 4. The molecule has 0 aliphatic heterocycles. The van der Waals surface area contributed by atoms with Crippen LogP contribution in [0.1, 0.15) is 59.1 Å². The van der Waals surface area contributed by atoms with E-state index < -0.39 is 26.4 Å². The Labute approximate surface area is 199 Å². The Kier molecular flexibility index (Phi) is 6.71. The van der Waals surface area contributed by atoms with Crippen LogP contribution in [0.3, 0.4) is 0 Å². The predicted molar refractivity (Wildman–Crippen MR) is 130 cm³/mol. The fourth-order valence-electron chi connectivity index (χ4n) is 3.66. The lowest BCUT2D eigenvalue weighted by molar-refractivity contribution is 0.0978. The van der Waals surface area contributed by atoms with Crippen LogP contribution in [-0.2, 0) is 15.4 Å². The van der Waals surface area contributed by atoms with E-state index in [0.717, 1.165) is 16.7 Å². The van der Waals surface area contributed by atoms with Crippen molar-refractivity contribution in [1.82, 2.24) is 14.7 Å². The molecular weight excluding hydrogens is 454 g/mol. The van der Waals surface area contributed by atoms with E-state index in [-0.39, 0.29) is 22.4 Å². The molecule has 2 N–H and O–H groups in total. The van der Waals surface area contributed by atoms with Crippen molar-refractivity contribution in [1.29, 1.82) is 0 Å². The number of pyridine rings is 2. The van der Waals surface area contributed by atoms with Gasteiger partial charge in [-0.3, -0.25) is 9.59 Å². The Hall–Kier alpha value is -3.46. The summed E-state index contributed by atoms with van der Waals surface area (Å²) in [6, 6.07) is 8.48. The Morgan fingerprint density at radius 3 is 2.18 bits per heavy atom. The molecule has 0 fully saturated rings. The summed E-state index contributed by atoms with van der Waals surface area (Å²) in [5.74, 6) is -0.432. The third-order valence-electron chi connectivity index (χ3n) is 5.28. The number of aromatic amines is 1. The number of hydrogen-bond donors (Lipinski definition) is 2. The Morgan fingerprint density at radius 1 is 1.00 bits per heavy atom. The fourth-order valence-corrected chi connectivity index (χ4v) is 4.91. The maximum Gasteiger partial charge on any atom is 0.270 e. The lowest BCUT2D eigenvalue weighted by Crippen LogP contribution is -2.35. The van der Waals surface area contributed by atoms with Crippen LogP contribution in [0, 0.1) is 27.7 Å². The van der Waals surface area contributed by atoms with Crippen molar-refractivity contribution in [3.05, 3.63) is 80.4 Å². The molecule has 0 spiro atoms. The number of nitrogens with zero attached hydrogens (tertiary/aromatic N) is 1. The molecule has 0 aliphatic rings. The number of rotatable bonds is 5. The second-order valence-electron chi connectivity index (χ2n) is 9.38. The van der Waals surface area contributed by atoms with Gasteiger partial charge in [0.15, 0.2) is 4.90 Å². The first kappa shape index (κ1) is 25.2. The summed E-state index contributed by atoms with van der Waals surface area (Å²) in [7, 11) is -4.45. The van der Waals surface area contributed by atoms with Gasteiger partial charge in [-0.15, -0.1) is 0 Å². The molecule has 0 saturated carbocycles. The van der Waals surface area contributed by atoms with Gasteiger partial charge in [-0.2, -0.15) is 0 Å². The quantitative estimate of drug-likeness (QED) is 0.561. The van der Waals surface area contributed by atoms with Gasteiger partial charge in [0.25, 0.3) is 21.5 Å². The number of H-pyrrole nitrogens is 1. The van der Waals surface area contributed by atoms with Gasteiger partial charge in [0.1, 0.15) is 11.3 Å². The topological polar surface area (TPSA) is 118 Å². The number of benzene rings is 1. The van der Waals surface area contributed by atoms with Crippen LogP contribution in [0.4, 0.5) is 0 Å². The number of amides is 1. The van der Waals surface area contributed by atoms with Gasteiger partial charge in [0.05, 0.1) is 0 Å². The van der Waals surface area contributed by atoms with Crippen LogP contribution in [0.25, 0.3) is 0 Å². The monoisotopic (exact) mass is 483 g/mol. The van der Waals surface area contributed by atoms with Crippen LogP contribution >= 0.6 is 0 Å². The number of sulfonamides is 1. The second-order valence-corrected chi connectivity index (χ2v) is 11.0. The third-order valence-corrected chi connectivity index (χ3v) is 6.78. The lowest BCUT2D eigenvalue weighted by Gasteiger charge is -2.21. The average Bonchev–Trinajstić information content (AvgIpc) is 2.69. The molecule has 3 rings (SSSR count). The van der Waals surface area contributed by atoms with Gasteiger partial charge in [-0.1, -0.05) is 38.5 Å². The van der Waals surface area contributed by atoms with E-state index in [4.69, 9.17) is 4.74 Å². The van der Waals surface area contributed by atoms with Crippen molar-refractivity contribution in [3.63, 3.8) is 0 Å². The van der Waals surface area contributed by atoms with Gasteiger partial charge in [0.2, 0.25) is 5.88 Å². The van der Waals surface area contributed by atoms with E-state index in [0.29, 0.717) is 11.4 Å².